The van der Waals surface area contributed by atoms with Crippen LogP contribution in [0.1, 0.15) is 56.3 Å². The molecule has 1 aliphatic heterocycles. The van der Waals surface area contributed by atoms with Crippen molar-refractivity contribution in [3.05, 3.63) is 35.9 Å². The van der Waals surface area contributed by atoms with Crippen LogP contribution in [0.25, 0.3) is 0 Å². The molecule has 0 bridgehead atoms. The highest BCUT2D eigenvalue weighted by Gasteiger charge is 2.22. The van der Waals surface area contributed by atoms with Crippen molar-refractivity contribution in [1.29, 1.82) is 0 Å². The summed E-state index contributed by atoms with van der Waals surface area (Å²) in [6.07, 6.45) is 5.55. The largest absolute Gasteiger partial charge is 0.303 e. The molecule has 1 aliphatic rings. The van der Waals surface area contributed by atoms with Gasteiger partial charge >= 0.3 is 0 Å². The van der Waals surface area contributed by atoms with E-state index in [2.05, 4.69) is 18.7 Å². The average Bonchev–Trinajstić information content (AvgIpc) is 2.61. The first-order valence-corrected chi connectivity index (χ1v) is 7.87. The highest BCUT2D eigenvalue weighted by molar-refractivity contribution is 5.95. The highest BCUT2D eigenvalue weighted by atomic mass is 16.1. The van der Waals surface area contributed by atoms with E-state index in [4.69, 9.17) is 0 Å². The number of Topliss-reactive ketones (excluding diaryl/α,β-unsaturated/α-hetero) is 1. The van der Waals surface area contributed by atoms with E-state index in [-0.39, 0.29) is 5.78 Å². The third-order valence-corrected chi connectivity index (χ3v) is 4.41. The fourth-order valence-electron chi connectivity index (χ4n) is 2.93. The van der Waals surface area contributed by atoms with Crippen LogP contribution in [0.2, 0.25) is 0 Å². The van der Waals surface area contributed by atoms with Crippen molar-refractivity contribution >= 4 is 5.78 Å². The Labute approximate surface area is 123 Å². The molecule has 110 valence electrons. The van der Waals surface area contributed by atoms with E-state index in [1.165, 1.54) is 32.4 Å². The standard InChI is InChI=1S/C18H27NO/c1-18(2)11-7-14-19(15-12-18)13-6-10-17(20)16-8-4-3-5-9-16/h3-5,8-9H,6-7,10-15H2,1-2H3. The minimum Gasteiger partial charge on any atom is -0.303 e. The van der Waals surface area contributed by atoms with Gasteiger partial charge in [0.2, 0.25) is 0 Å². The second-order valence-corrected chi connectivity index (χ2v) is 6.75. The van der Waals surface area contributed by atoms with Gasteiger partial charge in [-0.3, -0.25) is 4.79 Å². The molecule has 0 unspecified atom stereocenters. The van der Waals surface area contributed by atoms with E-state index >= 15 is 0 Å². The van der Waals surface area contributed by atoms with Crippen molar-refractivity contribution < 1.29 is 4.79 Å². The van der Waals surface area contributed by atoms with Crippen LogP contribution in [-0.4, -0.2) is 30.3 Å². The summed E-state index contributed by atoms with van der Waals surface area (Å²) in [7, 11) is 0. The highest BCUT2D eigenvalue weighted by Crippen LogP contribution is 2.29. The molecule has 1 aromatic carbocycles. The van der Waals surface area contributed by atoms with Gasteiger partial charge < -0.3 is 4.90 Å². The van der Waals surface area contributed by atoms with E-state index in [0.717, 1.165) is 18.5 Å². The monoisotopic (exact) mass is 273 g/mol. The Morgan fingerprint density at radius 3 is 2.65 bits per heavy atom. The predicted octanol–water partition coefficient (Wildman–Crippen LogP) is 4.16. The molecule has 20 heavy (non-hydrogen) atoms. The Balaban J connectivity index is 1.72. The minimum atomic E-state index is 0.278. The summed E-state index contributed by atoms with van der Waals surface area (Å²) in [5, 5.41) is 0. The molecule has 0 amide bonds. The number of ketones is 1. The molecule has 0 saturated carbocycles. The van der Waals surface area contributed by atoms with E-state index in [9.17, 15) is 4.79 Å². The summed E-state index contributed by atoms with van der Waals surface area (Å²) < 4.78 is 0. The summed E-state index contributed by atoms with van der Waals surface area (Å²) >= 11 is 0. The van der Waals surface area contributed by atoms with Crippen LogP contribution in [0.4, 0.5) is 0 Å². The molecular weight excluding hydrogens is 246 g/mol. The van der Waals surface area contributed by atoms with Gasteiger partial charge in [0.15, 0.2) is 5.78 Å². The van der Waals surface area contributed by atoms with Crippen LogP contribution in [0.15, 0.2) is 30.3 Å². The molecular formula is C18H27NO. The second kappa shape index (κ2) is 7.03. The zero-order valence-electron chi connectivity index (χ0n) is 12.9. The van der Waals surface area contributed by atoms with E-state index in [0.29, 0.717) is 11.8 Å². The van der Waals surface area contributed by atoms with Crippen molar-refractivity contribution in [3.63, 3.8) is 0 Å². The number of carbonyl (C=O) groups excluding carboxylic acids is 1. The maximum atomic E-state index is 12.0. The molecule has 1 fully saturated rings. The average molecular weight is 273 g/mol. The zero-order chi connectivity index (χ0) is 14.4. The molecule has 0 atom stereocenters. The Kier molecular flexibility index (Phi) is 5.36. The number of likely N-dealkylation sites (tertiary alicyclic amines) is 1. The Morgan fingerprint density at radius 1 is 1.15 bits per heavy atom. The van der Waals surface area contributed by atoms with Crippen LogP contribution < -0.4 is 0 Å². The van der Waals surface area contributed by atoms with Crippen molar-refractivity contribution in [2.24, 2.45) is 5.41 Å². The van der Waals surface area contributed by atoms with Gasteiger partial charge in [-0.2, -0.15) is 0 Å². The smallest absolute Gasteiger partial charge is 0.162 e. The Morgan fingerprint density at radius 2 is 1.90 bits per heavy atom. The molecule has 0 N–H and O–H groups in total. The predicted molar refractivity (Wildman–Crippen MR) is 84.1 cm³/mol. The SMILES string of the molecule is CC1(C)CCCN(CCCC(=O)c2ccccc2)CC1. The molecule has 0 aromatic heterocycles. The maximum Gasteiger partial charge on any atom is 0.162 e. The molecule has 2 heteroatoms. The third kappa shape index (κ3) is 4.75. The van der Waals surface area contributed by atoms with Gasteiger partial charge in [-0.1, -0.05) is 44.2 Å². The van der Waals surface area contributed by atoms with E-state index < -0.39 is 0 Å². The topological polar surface area (TPSA) is 20.3 Å². The number of benzene rings is 1. The number of rotatable bonds is 5. The molecule has 1 saturated heterocycles. The van der Waals surface area contributed by atoms with Crippen molar-refractivity contribution in [2.75, 3.05) is 19.6 Å². The molecule has 2 rings (SSSR count). The normalized spacial score (nSPS) is 19.5. The lowest BCUT2D eigenvalue weighted by Gasteiger charge is -2.23. The number of nitrogens with zero attached hydrogens (tertiary/aromatic N) is 1. The van der Waals surface area contributed by atoms with Crippen LogP contribution in [0.5, 0.6) is 0 Å². The molecule has 0 aliphatic carbocycles. The molecule has 1 heterocycles. The van der Waals surface area contributed by atoms with Gasteiger partial charge in [-0.15, -0.1) is 0 Å². The van der Waals surface area contributed by atoms with Crippen LogP contribution in [0.3, 0.4) is 0 Å². The van der Waals surface area contributed by atoms with Crippen molar-refractivity contribution in [3.8, 4) is 0 Å². The van der Waals surface area contributed by atoms with Crippen molar-refractivity contribution in [2.45, 2.75) is 46.0 Å². The zero-order valence-corrected chi connectivity index (χ0v) is 12.9. The lowest BCUT2D eigenvalue weighted by molar-refractivity contribution is 0.0974. The number of hydrogen-bond acceptors (Lipinski definition) is 2. The maximum absolute atomic E-state index is 12.0. The fourth-order valence-corrected chi connectivity index (χ4v) is 2.93. The molecule has 2 nitrogen and oxygen atoms in total. The Bertz CT molecular complexity index is 424. The van der Waals surface area contributed by atoms with Gasteiger partial charge in [0.1, 0.15) is 0 Å². The number of hydrogen-bond donors (Lipinski definition) is 0. The third-order valence-electron chi connectivity index (χ3n) is 4.41. The summed E-state index contributed by atoms with van der Waals surface area (Å²) in [4.78, 5) is 14.6. The van der Waals surface area contributed by atoms with Gasteiger partial charge in [0.05, 0.1) is 0 Å². The van der Waals surface area contributed by atoms with Crippen LogP contribution in [0, 0.1) is 5.41 Å². The summed E-state index contributed by atoms with van der Waals surface area (Å²) in [5.41, 5.74) is 1.35. The van der Waals surface area contributed by atoms with Gasteiger partial charge in [-0.05, 0) is 50.7 Å². The Hall–Kier alpha value is -1.15. The minimum absolute atomic E-state index is 0.278. The summed E-state index contributed by atoms with van der Waals surface area (Å²) in [5.74, 6) is 0.278. The molecule has 0 spiro atoms. The lowest BCUT2D eigenvalue weighted by Crippen LogP contribution is -2.27. The fraction of sp³-hybridized carbons (Fsp3) is 0.611. The number of carbonyl (C=O) groups is 1. The first-order valence-electron chi connectivity index (χ1n) is 7.87. The first-order chi connectivity index (χ1) is 9.57. The van der Waals surface area contributed by atoms with Gasteiger partial charge in [0.25, 0.3) is 0 Å². The van der Waals surface area contributed by atoms with Gasteiger partial charge in [0, 0.05) is 12.0 Å². The van der Waals surface area contributed by atoms with Crippen LogP contribution in [-0.2, 0) is 0 Å². The first kappa shape index (κ1) is 15.2. The van der Waals surface area contributed by atoms with E-state index in [1.54, 1.807) is 0 Å². The quantitative estimate of drug-likeness (QED) is 0.751. The van der Waals surface area contributed by atoms with Crippen LogP contribution >= 0.6 is 0 Å². The van der Waals surface area contributed by atoms with Crippen molar-refractivity contribution in [1.82, 2.24) is 4.90 Å². The summed E-state index contributed by atoms with van der Waals surface area (Å²) in [6, 6.07) is 9.65. The lowest BCUT2D eigenvalue weighted by atomic mass is 9.85. The molecule has 0 radical (unpaired) electrons. The second-order valence-electron chi connectivity index (χ2n) is 6.75. The van der Waals surface area contributed by atoms with E-state index in [1.807, 2.05) is 30.3 Å². The molecule has 1 aromatic rings. The van der Waals surface area contributed by atoms with Gasteiger partial charge in [-0.25, -0.2) is 0 Å². The summed E-state index contributed by atoms with van der Waals surface area (Å²) in [6.45, 7) is 8.19.